The van der Waals surface area contributed by atoms with Gasteiger partial charge < -0.3 is 15.0 Å². The van der Waals surface area contributed by atoms with Crippen LogP contribution < -0.4 is 5.32 Å². The van der Waals surface area contributed by atoms with E-state index < -0.39 is 0 Å². The lowest BCUT2D eigenvalue weighted by Crippen LogP contribution is -2.59. The Hall–Kier alpha value is -0.610. The average molecular weight is 210 g/mol. The summed E-state index contributed by atoms with van der Waals surface area (Å²) < 4.78 is 5.84. The molecule has 3 aliphatic rings. The van der Waals surface area contributed by atoms with E-state index in [2.05, 4.69) is 5.32 Å². The minimum absolute atomic E-state index is 0.0419. The number of hydrogen-bond acceptors (Lipinski definition) is 3. The Morgan fingerprint density at radius 2 is 2.07 bits per heavy atom. The molecule has 3 fully saturated rings. The molecular formula is C11H18N2O2. The molecule has 0 radical (unpaired) electrons. The highest BCUT2D eigenvalue weighted by atomic mass is 16.5. The number of morpholine rings is 1. The molecule has 0 aromatic heterocycles. The number of fused-ring (bicyclic) bond motifs is 2. The molecule has 3 atom stereocenters. The summed E-state index contributed by atoms with van der Waals surface area (Å²) in [6, 6.07) is 1.23. The van der Waals surface area contributed by atoms with Gasteiger partial charge in [-0.2, -0.15) is 0 Å². The Balaban J connectivity index is 1.77. The van der Waals surface area contributed by atoms with Crippen LogP contribution in [-0.4, -0.2) is 48.7 Å². The number of likely N-dealkylation sites (N-methyl/N-ethyl adjacent to an activating group) is 1. The van der Waals surface area contributed by atoms with Crippen molar-refractivity contribution in [1.82, 2.24) is 10.2 Å². The fourth-order valence-corrected chi connectivity index (χ4v) is 3.34. The third-order valence-corrected chi connectivity index (χ3v) is 4.02. The van der Waals surface area contributed by atoms with E-state index in [1.54, 1.807) is 0 Å². The Bertz CT molecular complexity index is 280. The first-order chi connectivity index (χ1) is 7.17. The number of hydrogen-bond donors (Lipinski definition) is 1. The summed E-state index contributed by atoms with van der Waals surface area (Å²) >= 11 is 0. The van der Waals surface area contributed by atoms with Gasteiger partial charge in [-0.1, -0.05) is 0 Å². The van der Waals surface area contributed by atoms with E-state index in [1.165, 1.54) is 12.8 Å². The topological polar surface area (TPSA) is 41.6 Å². The molecule has 1 N–H and O–H groups in total. The molecule has 0 aromatic rings. The first-order valence-electron chi connectivity index (χ1n) is 5.81. The number of piperidine rings is 1. The van der Waals surface area contributed by atoms with Crippen LogP contribution in [0.4, 0.5) is 0 Å². The number of nitrogens with zero attached hydrogens (tertiary/aromatic N) is 1. The maximum atomic E-state index is 11.4. The van der Waals surface area contributed by atoms with Crippen molar-refractivity contribution >= 4 is 5.91 Å². The zero-order valence-corrected chi connectivity index (χ0v) is 9.16. The van der Waals surface area contributed by atoms with Gasteiger partial charge in [-0.25, -0.2) is 0 Å². The van der Waals surface area contributed by atoms with Crippen molar-refractivity contribution in [2.24, 2.45) is 0 Å². The van der Waals surface area contributed by atoms with Crippen molar-refractivity contribution in [3.8, 4) is 0 Å². The summed E-state index contributed by atoms with van der Waals surface area (Å²) in [5, 5.41) is 3.60. The van der Waals surface area contributed by atoms with E-state index in [9.17, 15) is 4.79 Å². The third-order valence-electron chi connectivity index (χ3n) is 4.02. The van der Waals surface area contributed by atoms with E-state index >= 15 is 0 Å². The van der Waals surface area contributed by atoms with Crippen molar-refractivity contribution in [3.63, 3.8) is 0 Å². The second-order valence-corrected chi connectivity index (χ2v) is 5.27. The van der Waals surface area contributed by atoms with Crippen molar-refractivity contribution < 1.29 is 9.53 Å². The SMILES string of the molecule is CN1CC2(C[C@H]3CC[C@@H](C2)N3)OCC1=O. The monoisotopic (exact) mass is 210 g/mol. The number of carbonyl (C=O) groups is 1. The number of carbonyl (C=O) groups excluding carboxylic acids is 1. The van der Waals surface area contributed by atoms with Crippen LogP contribution in [0.15, 0.2) is 0 Å². The molecule has 3 heterocycles. The van der Waals surface area contributed by atoms with Crippen LogP contribution in [0.25, 0.3) is 0 Å². The first kappa shape index (κ1) is 9.60. The van der Waals surface area contributed by atoms with Gasteiger partial charge >= 0.3 is 0 Å². The molecule has 3 rings (SSSR count). The Kier molecular flexibility index (Phi) is 2.04. The van der Waals surface area contributed by atoms with E-state index in [4.69, 9.17) is 4.74 Å². The van der Waals surface area contributed by atoms with E-state index in [1.807, 2.05) is 11.9 Å². The van der Waals surface area contributed by atoms with E-state index in [-0.39, 0.29) is 18.1 Å². The molecule has 3 saturated heterocycles. The molecule has 0 aliphatic carbocycles. The van der Waals surface area contributed by atoms with Crippen molar-refractivity contribution in [3.05, 3.63) is 0 Å². The largest absolute Gasteiger partial charge is 0.363 e. The van der Waals surface area contributed by atoms with Crippen LogP contribution in [-0.2, 0) is 9.53 Å². The molecule has 1 spiro atoms. The normalized spacial score (nSPS) is 45.1. The lowest BCUT2D eigenvalue weighted by atomic mass is 9.86. The van der Waals surface area contributed by atoms with Crippen LogP contribution in [0.2, 0.25) is 0 Å². The lowest BCUT2D eigenvalue weighted by Gasteiger charge is -2.46. The van der Waals surface area contributed by atoms with Crippen molar-refractivity contribution in [2.75, 3.05) is 20.2 Å². The molecule has 1 unspecified atom stereocenters. The van der Waals surface area contributed by atoms with Gasteiger partial charge in [-0.05, 0) is 25.7 Å². The molecule has 1 amide bonds. The molecule has 2 bridgehead atoms. The minimum atomic E-state index is -0.0419. The third kappa shape index (κ3) is 1.56. The molecule has 15 heavy (non-hydrogen) atoms. The first-order valence-corrected chi connectivity index (χ1v) is 5.81. The van der Waals surface area contributed by atoms with Crippen LogP contribution in [0, 0.1) is 0 Å². The van der Waals surface area contributed by atoms with Crippen LogP contribution in [0.3, 0.4) is 0 Å². The summed E-state index contributed by atoms with van der Waals surface area (Å²) in [5.74, 6) is 0.117. The number of ether oxygens (including phenoxy) is 1. The lowest BCUT2D eigenvalue weighted by molar-refractivity contribution is -0.167. The van der Waals surface area contributed by atoms with Crippen molar-refractivity contribution in [2.45, 2.75) is 43.4 Å². The molecule has 0 aromatic carbocycles. The van der Waals surface area contributed by atoms with E-state index in [0.29, 0.717) is 12.1 Å². The standard InChI is InChI=1S/C11H18N2O2/c1-13-7-11(15-6-10(13)14)4-8-2-3-9(5-11)12-8/h8-9,12H,2-7H2,1H3/t8-,9+,11?. The van der Waals surface area contributed by atoms with E-state index in [0.717, 1.165) is 19.4 Å². The highest BCUT2D eigenvalue weighted by molar-refractivity contribution is 5.78. The maximum absolute atomic E-state index is 11.4. The van der Waals surface area contributed by atoms with Gasteiger partial charge in [0.2, 0.25) is 5.91 Å². The molecule has 84 valence electrons. The Labute approximate surface area is 90.0 Å². The zero-order valence-electron chi connectivity index (χ0n) is 9.16. The second kappa shape index (κ2) is 3.19. The molecular weight excluding hydrogens is 192 g/mol. The second-order valence-electron chi connectivity index (χ2n) is 5.27. The Morgan fingerprint density at radius 3 is 2.67 bits per heavy atom. The number of amides is 1. The fourth-order valence-electron chi connectivity index (χ4n) is 3.34. The maximum Gasteiger partial charge on any atom is 0.248 e. The van der Waals surface area contributed by atoms with Gasteiger partial charge in [-0.3, -0.25) is 4.79 Å². The fraction of sp³-hybridized carbons (Fsp3) is 0.909. The van der Waals surface area contributed by atoms with Gasteiger partial charge in [0.25, 0.3) is 0 Å². The number of rotatable bonds is 0. The van der Waals surface area contributed by atoms with Crippen LogP contribution in [0.1, 0.15) is 25.7 Å². The van der Waals surface area contributed by atoms with Gasteiger partial charge in [0.15, 0.2) is 0 Å². The quantitative estimate of drug-likeness (QED) is 0.618. The average Bonchev–Trinajstić information content (AvgIpc) is 2.54. The summed E-state index contributed by atoms with van der Waals surface area (Å²) in [7, 11) is 1.89. The minimum Gasteiger partial charge on any atom is -0.363 e. The molecule has 4 nitrogen and oxygen atoms in total. The summed E-state index contributed by atoms with van der Waals surface area (Å²) in [6.07, 6.45) is 4.68. The predicted molar refractivity (Wildman–Crippen MR) is 55.5 cm³/mol. The molecule has 4 heteroatoms. The summed E-state index contributed by atoms with van der Waals surface area (Å²) in [6.45, 7) is 1.05. The highest BCUT2D eigenvalue weighted by Crippen LogP contribution is 2.38. The van der Waals surface area contributed by atoms with Crippen LogP contribution in [0.5, 0.6) is 0 Å². The van der Waals surface area contributed by atoms with Gasteiger partial charge in [0.1, 0.15) is 6.61 Å². The van der Waals surface area contributed by atoms with Gasteiger partial charge in [0.05, 0.1) is 5.60 Å². The molecule has 0 saturated carbocycles. The van der Waals surface area contributed by atoms with Crippen molar-refractivity contribution in [1.29, 1.82) is 0 Å². The van der Waals surface area contributed by atoms with Crippen LogP contribution >= 0.6 is 0 Å². The number of nitrogens with one attached hydrogen (secondary N) is 1. The van der Waals surface area contributed by atoms with Gasteiger partial charge in [0, 0.05) is 25.7 Å². The summed E-state index contributed by atoms with van der Waals surface area (Å²) in [5.41, 5.74) is -0.0419. The smallest absolute Gasteiger partial charge is 0.248 e. The summed E-state index contributed by atoms with van der Waals surface area (Å²) in [4.78, 5) is 13.2. The predicted octanol–water partition coefficient (Wildman–Crippen LogP) is 0.128. The molecule has 3 aliphatic heterocycles. The zero-order chi connectivity index (χ0) is 10.5. The highest BCUT2D eigenvalue weighted by Gasteiger charge is 2.47. The van der Waals surface area contributed by atoms with Gasteiger partial charge in [-0.15, -0.1) is 0 Å². The Morgan fingerprint density at radius 1 is 1.40 bits per heavy atom.